The summed E-state index contributed by atoms with van der Waals surface area (Å²) in [5, 5.41) is 3.24. The van der Waals surface area contributed by atoms with Crippen molar-refractivity contribution in [3.8, 4) is 5.69 Å². The molecule has 2 aromatic rings. The average molecular weight is 202 g/mol. The number of imidazole rings is 1. The average Bonchev–Trinajstić information content (AvgIpc) is 2.67. The topological polar surface area (TPSA) is 42.7 Å². The molecular formula is C11H14N4. The van der Waals surface area contributed by atoms with Gasteiger partial charge in [-0.05, 0) is 26.0 Å². The lowest BCUT2D eigenvalue weighted by Crippen LogP contribution is -2.09. The van der Waals surface area contributed by atoms with Crippen LogP contribution in [0.5, 0.6) is 0 Å². The van der Waals surface area contributed by atoms with Crippen LogP contribution in [-0.2, 0) is 0 Å². The summed E-state index contributed by atoms with van der Waals surface area (Å²) in [6.45, 7) is 4.17. The molecule has 0 atom stereocenters. The van der Waals surface area contributed by atoms with Crippen molar-refractivity contribution < 1.29 is 0 Å². The molecule has 15 heavy (non-hydrogen) atoms. The normalized spacial score (nSPS) is 10.6. The van der Waals surface area contributed by atoms with Crippen molar-refractivity contribution in [2.75, 3.05) is 5.32 Å². The van der Waals surface area contributed by atoms with Crippen LogP contribution >= 0.6 is 0 Å². The molecule has 4 heteroatoms. The van der Waals surface area contributed by atoms with E-state index in [4.69, 9.17) is 0 Å². The molecule has 78 valence electrons. The summed E-state index contributed by atoms with van der Waals surface area (Å²) in [6.07, 6.45) is 7.30. The van der Waals surface area contributed by atoms with Gasteiger partial charge in [0.15, 0.2) is 0 Å². The standard InChI is InChI=1S/C11H14N4/c1-9(2)14-11-7-15(8-13-11)10-4-3-5-12-6-10/h3-9,14H,1-2H3. The molecule has 0 saturated heterocycles. The molecule has 0 aliphatic heterocycles. The number of nitrogens with zero attached hydrogens (tertiary/aromatic N) is 3. The quantitative estimate of drug-likeness (QED) is 0.828. The predicted octanol–water partition coefficient (Wildman–Crippen LogP) is 2.09. The van der Waals surface area contributed by atoms with Gasteiger partial charge in [0.1, 0.15) is 12.1 Å². The van der Waals surface area contributed by atoms with Crippen molar-refractivity contribution in [2.45, 2.75) is 19.9 Å². The van der Waals surface area contributed by atoms with Gasteiger partial charge < -0.3 is 9.88 Å². The van der Waals surface area contributed by atoms with Gasteiger partial charge in [-0.25, -0.2) is 4.98 Å². The largest absolute Gasteiger partial charge is 0.367 e. The zero-order valence-corrected chi connectivity index (χ0v) is 8.88. The molecule has 2 rings (SSSR count). The number of pyridine rings is 1. The van der Waals surface area contributed by atoms with Gasteiger partial charge in [0.05, 0.1) is 18.1 Å². The summed E-state index contributed by atoms with van der Waals surface area (Å²) < 4.78 is 1.94. The molecule has 0 saturated carbocycles. The number of hydrogen-bond donors (Lipinski definition) is 1. The maximum Gasteiger partial charge on any atom is 0.144 e. The Labute approximate surface area is 89.0 Å². The first-order valence-corrected chi connectivity index (χ1v) is 4.96. The molecule has 0 amide bonds. The molecule has 0 aromatic carbocycles. The maximum absolute atomic E-state index is 4.26. The van der Waals surface area contributed by atoms with E-state index in [0.717, 1.165) is 11.5 Å². The monoisotopic (exact) mass is 202 g/mol. The van der Waals surface area contributed by atoms with Gasteiger partial charge in [0.2, 0.25) is 0 Å². The lowest BCUT2D eigenvalue weighted by molar-refractivity contribution is 0.892. The van der Waals surface area contributed by atoms with Crippen LogP contribution in [0.1, 0.15) is 13.8 Å². The summed E-state index contributed by atoms with van der Waals surface area (Å²) in [4.78, 5) is 8.32. The lowest BCUT2D eigenvalue weighted by atomic mass is 10.4. The van der Waals surface area contributed by atoms with Crippen LogP contribution in [0.25, 0.3) is 5.69 Å². The molecule has 2 heterocycles. The Bertz CT molecular complexity index is 419. The van der Waals surface area contributed by atoms with Gasteiger partial charge in [-0.15, -0.1) is 0 Å². The minimum absolute atomic E-state index is 0.391. The summed E-state index contributed by atoms with van der Waals surface area (Å²) in [5.74, 6) is 0.883. The molecular weight excluding hydrogens is 188 g/mol. The number of anilines is 1. The third-order valence-corrected chi connectivity index (χ3v) is 1.96. The maximum atomic E-state index is 4.26. The minimum atomic E-state index is 0.391. The van der Waals surface area contributed by atoms with E-state index >= 15 is 0 Å². The Morgan fingerprint density at radius 3 is 2.93 bits per heavy atom. The van der Waals surface area contributed by atoms with Crippen LogP contribution in [0.4, 0.5) is 5.82 Å². The molecule has 4 nitrogen and oxygen atoms in total. The van der Waals surface area contributed by atoms with Gasteiger partial charge in [-0.3, -0.25) is 4.98 Å². The van der Waals surface area contributed by atoms with Crippen molar-refractivity contribution >= 4 is 5.82 Å². The molecule has 1 N–H and O–H groups in total. The Balaban J connectivity index is 2.21. The van der Waals surface area contributed by atoms with Crippen LogP contribution in [0, 0.1) is 0 Å². The highest BCUT2D eigenvalue weighted by molar-refractivity contribution is 5.37. The van der Waals surface area contributed by atoms with Crippen molar-refractivity contribution in [1.82, 2.24) is 14.5 Å². The summed E-state index contributed by atoms with van der Waals surface area (Å²) in [5.41, 5.74) is 1.02. The smallest absolute Gasteiger partial charge is 0.144 e. The van der Waals surface area contributed by atoms with E-state index in [2.05, 4.69) is 29.1 Å². The van der Waals surface area contributed by atoms with Crippen molar-refractivity contribution in [3.63, 3.8) is 0 Å². The van der Waals surface area contributed by atoms with E-state index in [0.29, 0.717) is 6.04 Å². The van der Waals surface area contributed by atoms with E-state index in [-0.39, 0.29) is 0 Å². The SMILES string of the molecule is CC(C)Nc1cn(-c2cccnc2)cn1. The molecule has 0 radical (unpaired) electrons. The van der Waals surface area contributed by atoms with E-state index < -0.39 is 0 Å². The minimum Gasteiger partial charge on any atom is -0.367 e. The Kier molecular flexibility index (Phi) is 2.67. The number of rotatable bonds is 3. The fraction of sp³-hybridized carbons (Fsp3) is 0.273. The molecule has 0 fully saturated rings. The zero-order valence-electron chi connectivity index (χ0n) is 8.88. The highest BCUT2D eigenvalue weighted by atomic mass is 15.1. The number of aromatic nitrogens is 3. The Morgan fingerprint density at radius 1 is 1.40 bits per heavy atom. The first-order chi connectivity index (χ1) is 7.25. The summed E-state index contributed by atoms with van der Waals surface area (Å²) in [7, 11) is 0. The number of hydrogen-bond acceptors (Lipinski definition) is 3. The molecule has 0 spiro atoms. The van der Waals surface area contributed by atoms with E-state index in [1.807, 2.05) is 22.9 Å². The molecule has 0 aliphatic rings. The second-order valence-electron chi connectivity index (χ2n) is 3.68. The Morgan fingerprint density at radius 2 is 2.27 bits per heavy atom. The fourth-order valence-corrected chi connectivity index (χ4v) is 1.34. The summed E-state index contributed by atoms with van der Waals surface area (Å²) in [6, 6.07) is 4.29. The van der Waals surface area contributed by atoms with Crippen LogP contribution in [0.3, 0.4) is 0 Å². The van der Waals surface area contributed by atoms with Crippen LogP contribution in [0.15, 0.2) is 37.1 Å². The first-order valence-electron chi connectivity index (χ1n) is 4.96. The van der Waals surface area contributed by atoms with E-state index in [1.165, 1.54) is 0 Å². The highest BCUT2D eigenvalue weighted by Crippen LogP contribution is 2.10. The second kappa shape index (κ2) is 4.13. The Hall–Kier alpha value is -1.84. The third-order valence-electron chi connectivity index (χ3n) is 1.96. The van der Waals surface area contributed by atoms with Crippen molar-refractivity contribution in [3.05, 3.63) is 37.1 Å². The zero-order chi connectivity index (χ0) is 10.7. The van der Waals surface area contributed by atoms with Crippen molar-refractivity contribution in [2.24, 2.45) is 0 Å². The van der Waals surface area contributed by atoms with E-state index in [9.17, 15) is 0 Å². The molecule has 2 aromatic heterocycles. The van der Waals surface area contributed by atoms with E-state index in [1.54, 1.807) is 18.7 Å². The molecule has 0 bridgehead atoms. The lowest BCUT2D eigenvalue weighted by Gasteiger charge is -2.05. The van der Waals surface area contributed by atoms with Gasteiger partial charge in [-0.1, -0.05) is 0 Å². The van der Waals surface area contributed by atoms with Gasteiger partial charge >= 0.3 is 0 Å². The number of nitrogens with one attached hydrogen (secondary N) is 1. The highest BCUT2D eigenvalue weighted by Gasteiger charge is 2.01. The van der Waals surface area contributed by atoms with Gasteiger partial charge in [-0.2, -0.15) is 0 Å². The second-order valence-corrected chi connectivity index (χ2v) is 3.68. The fourth-order valence-electron chi connectivity index (χ4n) is 1.34. The van der Waals surface area contributed by atoms with Gasteiger partial charge in [0, 0.05) is 12.2 Å². The third kappa shape index (κ3) is 2.34. The first kappa shape index (κ1) is 9.71. The van der Waals surface area contributed by atoms with Crippen LogP contribution < -0.4 is 5.32 Å². The van der Waals surface area contributed by atoms with Crippen molar-refractivity contribution in [1.29, 1.82) is 0 Å². The molecule has 0 unspecified atom stereocenters. The van der Waals surface area contributed by atoms with Gasteiger partial charge in [0.25, 0.3) is 0 Å². The summed E-state index contributed by atoms with van der Waals surface area (Å²) >= 11 is 0. The van der Waals surface area contributed by atoms with Crippen LogP contribution in [-0.4, -0.2) is 20.6 Å². The van der Waals surface area contributed by atoms with Crippen LogP contribution in [0.2, 0.25) is 0 Å². The predicted molar refractivity (Wildman–Crippen MR) is 60.1 cm³/mol. The molecule has 0 aliphatic carbocycles.